The minimum absolute atomic E-state index is 0.328. The molecule has 3 rings (SSSR count). The Morgan fingerprint density at radius 3 is 2.95 bits per heavy atom. The van der Waals surface area contributed by atoms with E-state index in [-0.39, 0.29) is 0 Å². The number of nitrogens with one attached hydrogen (secondary N) is 1. The zero-order chi connectivity index (χ0) is 14.8. The molecule has 0 unspecified atom stereocenters. The summed E-state index contributed by atoms with van der Waals surface area (Å²) in [5, 5.41) is 8.34. The van der Waals surface area contributed by atoms with E-state index in [2.05, 4.69) is 48.0 Å². The van der Waals surface area contributed by atoms with Gasteiger partial charge in [0.05, 0.1) is 6.04 Å². The van der Waals surface area contributed by atoms with Gasteiger partial charge >= 0.3 is 0 Å². The van der Waals surface area contributed by atoms with E-state index in [1.165, 1.54) is 16.2 Å². The summed E-state index contributed by atoms with van der Waals surface area (Å²) in [6, 6.07) is 5.20. The standard InChI is InChI=1S/C16H24N4S/c1-4-12-8-9-14(21-12)11(3)17-13-7-6-10-20-16(13)18-15(5-2)19-20/h8-9,11,13,17H,4-7,10H2,1-3H3/t11-,13+/m1/s1. The first-order valence-electron chi connectivity index (χ1n) is 7.99. The van der Waals surface area contributed by atoms with Crippen LogP contribution in [0.5, 0.6) is 0 Å². The van der Waals surface area contributed by atoms with Crippen molar-refractivity contribution in [1.82, 2.24) is 20.1 Å². The Balaban J connectivity index is 1.75. The van der Waals surface area contributed by atoms with Crippen LogP contribution in [0.25, 0.3) is 0 Å². The molecule has 0 spiro atoms. The maximum atomic E-state index is 4.71. The van der Waals surface area contributed by atoms with Gasteiger partial charge in [-0.3, -0.25) is 5.32 Å². The third kappa shape index (κ3) is 3.04. The lowest BCUT2D eigenvalue weighted by molar-refractivity contribution is 0.345. The van der Waals surface area contributed by atoms with E-state index >= 15 is 0 Å². The predicted octanol–water partition coefficient (Wildman–Crippen LogP) is 3.65. The van der Waals surface area contributed by atoms with Gasteiger partial charge in [-0.1, -0.05) is 13.8 Å². The van der Waals surface area contributed by atoms with Crippen LogP contribution in [0, 0.1) is 0 Å². The normalized spacial score (nSPS) is 19.5. The highest BCUT2D eigenvalue weighted by molar-refractivity contribution is 7.12. The Morgan fingerprint density at radius 2 is 2.24 bits per heavy atom. The molecule has 2 aromatic heterocycles. The lowest BCUT2D eigenvalue weighted by atomic mass is 10.1. The predicted molar refractivity (Wildman–Crippen MR) is 86.6 cm³/mol. The zero-order valence-electron chi connectivity index (χ0n) is 13.1. The Morgan fingerprint density at radius 1 is 1.38 bits per heavy atom. The first kappa shape index (κ1) is 14.7. The second-order valence-corrected chi connectivity index (χ2v) is 6.90. The van der Waals surface area contributed by atoms with Crippen LogP contribution in [0.3, 0.4) is 0 Å². The molecule has 0 aliphatic carbocycles. The van der Waals surface area contributed by atoms with Crippen molar-refractivity contribution >= 4 is 11.3 Å². The van der Waals surface area contributed by atoms with Crippen molar-refractivity contribution in [2.45, 2.75) is 65.1 Å². The molecule has 2 aromatic rings. The van der Waals surface area contributed by atoms with Crippen LogP contribution in [0.15, 0.2) is 12.1 Å². The third-order valence-corrected chi connectivity index (χ3v) is 5.56. The Labute approximate surface area is 130 Å². The van der Waals surface area contributed by atoms with E-state index in [0.717, 1.165) is 37.5 Å². The maximum Gasteiger partial charge on any atom is 0.150 e. The Kier molecular flexibility index (Phi) is 4.40. The van der Waals surface area contributed by atoms with Gasteiger partial charge in [-0.2, -0.15) is 5.10 Å². The van der Waals surface area contributed by atoms with Crippen molar-refractivity contribution in [1.29, 1.82) is 0 Å². The molecule has 0 fully saturated rings. The Hall–Kier alpha value is -1.20. The van der Waals surface area contributed by atoms with Crippen LogP contribution in [-0.2, 0) is 19.4 Å². The van der Waals surface area contributed by atoms with Crippen molar-refractivity contribution in [3.8, 4) is 0 Å². The molecule has 4 nitrogen and oxygen atoms in total. The van der Waals surface area contributed by atoms with Gasteiger partial charge in [-0.15, -0.1) is 11.3 Å². The second kappa shape index (κ2) is 6.28. The molecule has 0 radical (unpaired) electrons. The topological polar surface area (TPSA) is 42.7 Å². The minimum Gasteiger partial charge on any atom is -0.300 e. The number of fused-ring (bicyclic) bond motifs is 1. The molecule has 1 N–H and O–H groups in total. The molecule has 2 atom stereocenters. The SMILES string of the molecule is CCc1nc2n(n1)CCC[C@@H]2N[C@H](C)c1ccc(CC)s1. The second-order valence-electron chi connectivity index (χ2n) is 5.70. The van der Waals surface area contributed by atoms with Gasteiger partial charge in [0.25, 0.3) is 0 Å². The summed E-state index contributed by atoms with van der Waals surface area (Å²) in [6.45, 7) is 7.59. The van der Waals surface area contributed by atoms with Crippen LogP contribution in [0.2, 0.25) is 0 Å². The largest absolute Gasteiger partial charge is 0.300 e. The number of thiophene rings is 1. The monoisotopic (exact) mass is 304 g/mol. The van der Waals surface area contributed by atoms with Crippen molar-refractivity contribution in [2.75, 3.05) is 0 Å². The van der Waals surface area contributed by atoms with Crippen molar-refractivity contribution in [3.05, 3.63) is 33.5 Å². The van der Waals surface area contributed by atoms with E-state index in [4.69, 9.17) is 4.98 Å². The van der Waals surface area contributed by atoms with Crippen LogP contribution >= 0.6 is 11.3 Å². The number of rotatable bonds is 5. The number of hydrogen-bond acceptors (Lipinski definition) is 4. The van der Waals surface area contributed by atoms with Crippen LogP contribution in [-0.4, -0.2) is 14.8 Å². The fourth-order valence-electron chi connectivity index (χ4n) is 2.91. The van der Waals surface area contributed by atoms with E-state index in [1.54, 1.807) is 0 Å². The molecule has 5 heteroatoms. The summed E-state index contributed by atoms with van der Waals surface area (Å²) in [5.74, 6) is 2.09. The third-order valence-electron chi connectivity index (χ3n) is 4.14. The Bertz CT molecular complexity index is 601. The van der Waals surface area contributed by atoms with Crippen molar-refractivity contribution in [3.63, 3.8) is 0 Å². The molecular formula is C16H24N4S. The quantitative estimate of drug-likeness (QED) is 0.917. The highest BCUT2D eigenvalue weighted by Gasteiger charge is 2.25. The lowest BCUT2D eigenvalue weighted by Crippen LogP contribution is -2.30. The lowest BCUT2D eigenvalue weighted by Gasteiger charge is -2.26. The van der Waals surface area contributed by atoms with Crippen LogP contribution < -0.4 is 5.32 Å². The van der Waals surface area contributed by atoms with Gasteiger partial charge < -0.3 is 0 Å². The smallest absolute Gasteiger partial charge is 0.150 e. The molecule has 0 aromatic carbocycles. The average molecular weight is 304 g/mol. The van der Waals surface area contributed by atoms with E-state index in [1.807, 2.05) is 11.3 Å². The summed E-state index contributed by atoms with van der Waals surface area (Å²) in [7, 11) is 0. The highest BCUT2D eigenvalue weighted by atomic mass is 32.1. The summed E-state index contributed by atoms with van der Waals surface area (Å²) in [4.78, 5) is 7.58. The molecule has 0 bridgehead atoms. The molecule has 3 heterocycles. The molecule has 0 saturated heterocycles. The van der Waals surface area contributed by atoms with Crippen LogP contribution in [0.1, 0.15) is 67.1 Å². The first-order valence-corrected chi connectivity index (χ1v) is 8.81. The molecule has 0 saturated carbocycles. The molecule has 114 valence electrons. The van der Waals surface area contributed by atoms with Gasteiger partial charge in [0.15, 0.2) is 5.82 Å². The van der Waals surface area contributed by atoms with Gasteiger partial charge in [0.1, 0.15) is 5.82 Å². The fourth-order valence-corrected chi connectivity index (χ4v) is 3.87. The molecule has 1 aliphatic heterocycles. The van der Waals surface area contributed by atoms with Gasteiger partial charge in [-0.25, -0.2) is 9.67 Å². The maximum absolute atomic E-state index is 4.71. The van der Waals surface area contributed by atoms with Gasteiger partial charge in [0.2, 0.25) is 0 Å². The highest BCUT2D eigenvalue weighted by Crippen LogP contribution is 2.29. The van der Waals surface area contributed by atoms with Gasteiger partial charge in [-0.05, 0) is 38.3 Å². The summed E-state index contributed by atoms with van der Waals surface area (Å²) in [5.41, 5.74) is 0. The number of hydrogen-bond donors (Lipinski definition) is 1. The van der Waals surface area contributed by atoms with E-state index in [9.17, 15) is 0 Å². The fraction of sp³-hybridized carbons (Fsp3) is 0.625. The molecule has 1 aliphatic rings. The number of aromatic nitrogens is 3. The van der Waals surface area contributed by atoms with Gasteiger partial charge in [0, 0.05) is 28.8 Å². The van der Waals surface area contributed by atoms with E-state index in [0.29, 0.717) is 12.1 Å². The number of aryl methyl sites for hydroxylation is 3. The van der Waals surface area contributed by atoms with Crippen molar-refractivity contribution in [2.24, 2.45) is 0 Å². The molecule has 0 amide bonds. The minimum atomic E-state index is 0.328. The molecular weight excluding hydrogens is 280 g/mol. The van der Waals surface area contributed by atoms with Crippen LogP contribution in [0.4, 0.5) is 0 Å². The van der Waals surface area contributed by atoms with E-state index < -0.39 is 0 Å². The first-order chi connectivity index (χ1) is 10.2. The number of nitrogens with zero attached hydrogens (tertiary/aromatic N) is 3. The summed E-state index contributed by atoms with van der Waals surface area (Å²) in [6.07, 6.45) is 4.36. The average Bonchev–Trinajstić information content (AvgIpc) is 3.14. The summed E-state index contributed by atoms with van der Waals surface area (Å²) < 4.78 is 2.10. The molecule has 21 heavy (non-hydrogen) atoms. The summed E-state index contributed by atoms with van der Waals surface area (Å²) >= 11 is 1.92. The zero-order valence-corrected chi connectivity index (χ0v) is 13.9. The van der Waals surface area contributed by atoms with Crippen molar-refractivity contribution < 1.29 is 0 Å².